The SMILES string of the molecule is Cl.NC(C(=O)Nc1ccc(-n2nccn2)cc1)C1CCOCC1. The number of ether oxygens (including phenoxy) is 1. The number of carbonyl (C=O) groups is 1. The van der Waals surface area contributed by atoms with Gasteiger partial charge in [0.1, 0.15) is 0 Å². The lowest BCUT2D eigenvalue weighted by Crippen LogP contribution is -2.43. The van der Waals surface area contributed by atoms with Crippen molar-refractivity contribution in [1.29, 1.82) is 0 Å². The lowest BCUT2D eigenvalue weighted by Gasteiger charge is -2.26. The van der Waals surface area contributed by atoms with Crippen LogP contribution in [0.5, 0.6) is 0 Å². The van der Waals surface area contributed by atoms with Gasteiger partial charge < -0.3 is 15.8 Å². The first-order chi connectivity index (χ1) is 10.7. The third-order valence-corrected chi connectivity index (χ3v) is 3.86. The molecule has 3 rings (SSSR count). The Labute approximate surface area is 140 Å². The Balaban J connectivity index is 0.00000192. The van der Waals surface area contributed by atoms with Crippen LogP contribution in [0.1, 0.15) is 12.8 Å². The lowest BCUT2D eigenvalue weighted by atomic mass is 9.92. The topological polar surface area (TPSA) is 95.1 Å². The number of carbonyl (C=O) groups excluding carboxylic acids is 1. The molecule has 1 atom stereocenters. The maximum absolute atomic E-state index is 12.2. The van der Waals surface area contributed by atoms with Gasteiger partial charge in [0.15, 0.2) is 0 Å². The lowest BCUT2D eigenvalue weighted by molar-refractivity contribution is -0.119. The molecule has 0 radical (unpaired) electrons. The van der Waals surface area contributed by atoms with Crippen LogP contribution in [0.25, 0.3) is 5.69 Å². The highest BCUT2D eigenvalue weighted by atomic mass is 35.5. The maximum Gasteiger partial charge on any atom is 0.241 e. The molecular formula is C15H20ClN5O2. The number of hydrogen-bond donors (Lipinski definition) is 2. The summed E-state index contributed by atoms with van der Waals surface area (Å²) in [6.07, 6.45) is 4.89. The molecule has 0 saturated carbocycles. The Bertz CT molecular complexity index is 611. The van der Waals surface area contributed by atoms with Crippen LogP contribution < -0.4 is 11.1 Å². The van der Waals surface area contributed by atoms with Crippen LogP contribution in [-0.4, -0.2) is 40.2 Å². The first-order valence-electron chi connectivity index (χ1n) is 7.35. The van der Waals surface area contributed by atoms with E-state index in [1.165, 1.54) is 4.80 Å². The fourth-order valence-electron chi connectivity index (χ4n) is 2.54. The number of nitrogens with one attached hydrogen (secondary N) is 1. The van der Waals surface area contributed by atoms with Crippen LogP contribution >= 0.6 is 12.4 Å². The number of nitrogens with zero attached hydrogens (tertiary/aromatic N) is 3. The second-order valence-corrected chi connectivity index (χ2v) is 5.33. The molecule has 124 valence electrons. The normalized spacial score (nSPS) is 16.4. The summed E-state index contributed by atoms with van der Waals surface area (Å²) in [6.45, 7) is 1.36. The number of hydrogen-bond acceptors (Lipinski definition) is 5. The summed E-state index contributed by atoms with van der Waals surface area (Å²) in [6, 6.07) is 6.81. The van der Waals surface area contributed by atoms with E-state index in [-0.39, 0.29) is 24.2 Å². The maximum atomic E-state index is 12.2. The van der Waals surface area contributed by atoms with Gasteiger partial charge in [0.25, 0.3) is 0 Å². The number of aromatic nitrogens is 3. The summed E-state index contributed by atoms with van der Waals surface area (Å²) in [5.74, 6) is 0.0261. The van der Waals surface area contributed by atoms with Crippen molar-refractivity contribution in [2.45, 2.75) is 18.9 Å². The van der Waals surface area contributed by atoms with Gasteiger partial charge in [0, 0.05) is 18.9 Å². The Kier molecular flexibility index (Phi) is 6.09. The van der Waals surface area contributed by atoms with Crippen molar-refractivity contribution in [2.75, 3.05) is 18.5 Å². The quantitative estimate of drug-likeness (QED) is 0.878. The largest absolute Gasteiger partial charge is 0.381 e. The number of halogens is 1. The van der Waals surface area contributed by atoms with Crippen molar-refractivity contribution < 1.29 is 9.53 Å². The third-order valence-electron chi connectivity index (χ3n) is 3.86. The first-order valence-corrected chi connectivity index (χ1v) is 7.35. The fourth-order valence-corrected chi connectivity index (χ4v) is 2.54. The number of anilines is 1. The van der Waals surface area contributed by atoms with Gasteiger partial charge in [-0.15, -0.1) is 12.4 Å². The molecule has 3 N–H and O–H groups in total. The molecule has 1 aromatic heterocycles. The highest BCUT2D eigenvalue weighted by molar-refractivity contribution is 5.94. The van der Waals surface area contributed by atoms with Gasteiger partial charge in [-0.05, 0) is 43.0 Å². The van der Waals surface area contributed by atoms with Crippen molar-refractivity contribution in [3.63, 3.8) is 0 Å². The second kappa shape index (κ2) is 8.05. The van der Waals surface area contributed by atoms with Crippen molar-refractivity contribution in [2.24, 2.45) is 11.7 Å². The van der Waals surface area contributed by atoms with Crippen LogP contribution in [0.15, 0.2) is 36.7 Å². The van der Waals surface area contributed by atoms with Crippen LogP contribution in [0.4, 0.5) is 5.69 Å². The van der Waals surface area contributed by atoms with E-state index in [1.54, 1.807) is 12.4 Å². The Morgan fingerprint density at radius 3 is 2.43 bits per heavy atom. The number of rotatable bonds is 4. The Morgan fingerprint density at radius 1 is 1.22 bits per heavy atom. The molecule has 0 bridgehead atoms. The van der Waals surface area contributed by atoms with Crippen molar-refractivity contribution in [1.82, 2.24) is 15.0 Å². The van der Waals surface area contributed by atoms with Gasteiger partial charge in [0.2, 0.25) is 5.91 Å². The van der Waals surface area contributed by atoms with Crippen LogP contribution in [0.2, 0.25) is 0 Å². The minimum atomic E-state index is -0.503. The first kappa shape index (κ1) is 17.4. The predicted octanol–water partition coefficient (Wildman–Crippen LogP) is 1.38. The summed E-state index contributed by atoms with van der Waals surface area (Å²) in [7, 11) is 0. The summed E-state index contributed by atoms with van der Waals surface area (Å²) >= 11 is 0. The summed E-state index contributed by atoms with van der Waals surface area (Å²) in [5.41, 5.74) is 7.60. The van der Waals surface area contributed by atoms with Gasteiger partial charge in [0.05, 0.1) is 24.1 Å². The summed E-state index contributed by atoms with van der Waals surface area (Å²) in [4.78, 5) is 13.7. The highest BCUT2D eigenvalue weighted by Crippen LogP contribution is 2.19. The van der Waals surface area contributed by atoms with Gasteiger partial charge in [-0.25, -0.2) is 0 Å². The molecule has 1 saturated heterocycles. The van der Waals surface area contributed by atoms with E-state index in [9.17, 15) is 4.79 Å². The molecule has 7 nitrogen and oxygen atoms in total. The Hall–Kier alpha value is -1.96. The molecule has 2 aromatic rings. The second-order valence-electron chi connectivity index (χ2n) is 5.33. The van der Waals surface area contributed by atoms with Crippen molar-refractivity contribution >= 4 is 24.0 Å². The molecule has 1 unspecified atom stereocenters. The van der Waals surface area contributed by atoms with Gasteiger partial charge >= 0.3 is 0 Å². The number of benzene rings is 1. The molecule has 1 aromatic carbocycles. The van der Waals surface area contributed by atoms with E-state index < -0.39 is 6.04 Å². The summed E-state index contributed by atoms with van der Waals surface area (Å²) in [5, 5.41) is 11.0. The van der Waals surface area contributed by atoms with Gasteiger partial charge in [-0.2, -0.15) is 15.0 Å². The van der Waals surface area contributed by atoms with Crippen molar-refractivity contribution in [3.05, 3.63) is 36.7 Å². The third kappa shape index (κ3) is 4.28. The highest BCUT2D eigenvalue weighted by Gasteiger charge is 2.26. The zero-order valence-electron chi connectivity index (χ0n) is 12.6. The fraction of sp³-hybridized carbons (Fsp3) is 0.400. The molecule has 1 aliphatic heterocycles. The molecular weight excluding hydrogens is 318 g/mol. The number of nitrogens with two attached hydrogens (primary N) is 1. The molecule has 1 aliphatic rings. The minimum absolute atomic E-state index is 0. The van der Waals surface area contributed by atoms with Crippen LogP contribution in [0, 0.1) is 5.92 Å². The Morgan fingerprint density at radius 2 is 1.83 bits per heavy atom. The van der Waals surface area contributed by atoms with Crippen LogP contribution in [0.3, 0.4) is 0 Å². The molecule has 1 fully saturated rings. The minimum Gasteiger partial charge on any atom is -0.381 e. The molecule has 1 amide bonds. The zero-order chi connectivity index (χ0) is 15.4. The van der Waals surface area contributed by atoms with E-state index in [4.69, 9.17) is 10.5 Å². The number of amides is 1. The molecule has 23 heavy (non-hydrogen) atoms. The van der Waals surface area contributed by atoms with Crippen LogP contribution in [-0.2, 0) is 9.53 Å². The van der Waals surface area contributed by atoms with E-state index in [1.807, 2.05) is 24.3 Å². The molecule has 2 heterocycles. The monoisotopic (exact) mass is 337 g/mol. The van der Waals surface area contributed by atoms with E-state index in [2.05, 4.69) is 15.5 Å². The standard InChI is InChI=1S/C15H19N5O2.ClH/c16-14(11-5-9-22-10-6-11)15(21)19-12-1-3-13(4-2-12)20-17-7-8-18-20;/h1-4,7-8,11,14H,5-6,9-10,16H2,(H,19,21);1H. The van der Waals surface area contributed by atoms with E-state index in [0.717, 1.165) is 18.5 Å². The zero-order valence-corrected chi connectivity index (χ0v) is 13.4. The molecule has 0 spiro atoms. The van der Waals surface area contributed by atoms with Gasteiger partial charge in [-0.3, -0.25) is 4.79 Å². The smallest absolute Gasteiger partial charge is 0.241 e. The predicted molar refractivity (Wildman–Crippen MR) is 88.8 cm³/mol. The average Bonchev–Trinajstić information content (AvgIpc) is 3.10. The molecule has 8 heteroatoms. The van der Waals surface area contributed by atoms with Crippen molar-refractivity contribution in [3.8, 4) is 5.69 Å². The molecule has 0 aliphatic carbocycles. The van der Waals surface area contributed by atoms with E-state index >= 15 is 0 Å². The average molecular weight is 338 g/mol. The van der Waals surface area contributed by atoms with E-state index in [0.29, 0.717) is 18.9 Å². The summed E-state index contributed by atoms with van der Waals surface area (Å²) < 4.78 is 5.30. The van der Waals surface area contributed by atoms with Gasteiger partial charge in [-0.1, -0.05) is 0 Å².